The first-order valence-corrected chi connectivity index (χ1v) is 6.30. The van der Waals surface area contributed by atoms with E-state index in [1.807, 2.05) is 29.2 Å². The second-order valence-corrected chi connectivity index (χ2v) is 4.59. The molecule has 2 rings (SSSR count). The number of nitrogens with two attached hydrogens (primary N) is 1. The van der Waals surface area contributed by atoms with Crippen LogP contribution in [-0.2, 0) is 6.42 Å². The number of oxime groups is 1. The van der Waals surface area contributed by atoms with Crippen molar-refractivity contribution in [3.05, 3.63) is 29.8 Å². The molecule has 1 aliphatic rings. The zero-order valence-corrected chi connectivity index (χ0v) is 10.7. The number of hydrogen-bond donors (Lipinski definition) is 3. The van der Waals surface area contributed by atoms with Crippen LogP contribution >= 0.6 is 0 Å². The van der Waals surface area contributed by atoms with Gasteiger partial charge in [0, 0.05) is 25.2 Å². The second kappa shape index (κ2) is 6.08. The first-order chi connectivity index (χ1) is 9.19. The lowest BCUT2D eigenvalue weighted by atomic mass is 10.1. The lowest BCUT2D eigenvalue weighted by Crippen LogP contribution is -2.32. The number of urea groups is 1. The van der Waals surface area contributed by atoms with E-state index in [0.29, 0.717) is 6.42 Å². The zero-order valence-electron chi connectivity index (χ0n) is 10.7. The van der Waals surface area contributed by atoms with Crippen LogP contribution in [0, 0.1) is 0 Å². The van der Waals surface area contributed by atoms with E-state index in [4.69, 9.17) is 10.9 Å². The average molecular weight is 262 g/mol. The lowest BCUT2D eigenvalue weighted by Gasteiger charge is -2.16. The highest BCUT2D eigenvalue weighted by Gasteiger charge is 2.17. The lowest BCUT2D eigenvalue weighted by molar-refractivity contribution is 0.222. The molecule has 1 saturated heterocycles. The Labute approximate surface area is 111 Å². The van der Waals surface area contributed by atoms with Gasteiger partial charge in [0.15, 0.2) is 0 Å². The van der Waals surface area contributed by atoms with E-state index in [9.17, 15) is 4.79 Å². The summed E-state index contributed by atoms with van der Waals surface area (Å²) in [7, 11) is 0. The van der Waals surface area contributed by atoms with Gasteiger partial charge in [-0.2, -0.15) is 0 Å². The molecule has 1 aromatic rings. The quantitative estimate of drug-likeness (QED) is 0.334. The summed E-state index contributed by atoms with van der Waals surface area (Å²) in [6.45, 7) is 1.65. The van der Waals surface area contributed by atoms with E-state index >= 15 is 0 Å². The summed E-state index contributed by atoms with van der Waals surface area (Å²) in [5.74, 6) is 0.161. The number of nitrogens with one attached hydrogen (secondary N) is 1. The molecule has 102 valence electrons. The Bertz CT molecular complexity index is 464. The minimum atomic E-state index is -0.0540. The highest BCUT2D eigenvalue weighted by atomic mass is 16.4. The van der Waals surface area contributed by atoms with Crippen molar-refractivity contribution in [1.29, 1.82) is 0 Å². The van der Waals surface area contributed by atoms with Crippen LogP contribution in [0.4, 0.5) is 10.5 Å². The molecule has 6 nitrogen and oxygen atoms in total. The van der Waals surface area contributed by atoms with Crippen molar-refractivity contribution in [2.24, 2.45) is 10.9 Å². The molecular weight excluding hydrogens is 244 g/mol. The maximum absolute atomic E-state index is 11.9. The fraction of sp³-hybridized carbons (Fsp3) is 0.385. The average Bonchev–Trinajstić information content (AvgIpc) is 2.95. The van der Waals surface area contributed by atoms with Crippen molar-refractivity contribution >= 4 is 17.6 Å². The first kappa shape index (κ1) is 13.2. The number of amides is 2. The Morgan fingerprint density at radius 2 is 1.95 bits per heavy atom. The third kappa shape index (κ3) is 3.61. The van der Waals surface area contributed by atoms with E-state index in [1.165, 1.54) is 0 Å². The molecule has 0 aromatic heterocycles. The van der Waals surface area contributed by atoms with Crippen LogP contribution in [0.1, 0.15) is 18.4 Å². The van der Waals surface area contributed by atoms with Gasteiger partial charge in [-0.1, -0.05) is 17.3 Å². The number of nitrogens with zero attached hydrogens (tertiary/aromatic N) is 2. The summed E-state index contributed by atoms with van der Waals surface area (Å²) < 4.78 is 0. The maximum atomic E-state index is 11.9. The SMILES string of the molecule is NC(Cc1ccc(NC(=O)N2CCCC2)cc1)=NO. The molecule has 0 unspecified atom stereocenters. The van der Waals surface area contributed by atoms with Crippen molar-refractivity contribution < 1.29 is 10.0 Å². The molecule has 1 aliphatic heterocycles. The first-order valence-electron chi connectivity index (χ1n) is 6.30. The second-order valence-electron chi connectivity index (χ2n) is 4.59. The number of hydrogen-bond acceptors (Lipinski definition) is 3. The topological polar surface area (TPSA) is 91.0 Å². The maximum Gasteiger partial charge on any atom is 0.321 e. The molecular formula is C13H18N4O2. The van der Waals surface area contributed by atoms with Gasteiger partial charge in [0.1, 0.15) is 5.84 Å². The standard InChI is InChI=1S/C13H18N4O2/c14-12(16-19)9-10-3-5-11(6-4-10)15-13(18)17-7-1-2-8-17/h3-6,19H,1-2,7-9H2,(H2,14,16)(H,15,18). The minimum absolute atomic E-state index is 0.0540. The molecule has 1 fully saturated rings. The Hall–Kier alpha value is -2.24. The molecule has 2 amide bonds. The van der Waals surface area contributed by atoms with Crippen LogP contribution in [0.5, 0.6) is 0 Å². The van der Waals surface area contributed by atoms with E-state index in [1.54, 1.807) is 0 Å². The predicted molar refractivity (Wildman–Crippen MR) is 73.4 cm³/mol. The number of rotatable bonds is 3. The Morgan fingerprint density at radius 1 is 1.32 bits per heavy atom. The van der Waals surface area contributed by atoms with Crippen LogP contribution in [0.15, 0.2) is 29.4 Å². The summed E-state index contributed by atoms with van der Waals surface area (Å²) in [6.07, 6.45) is 2.54. The fourth-order valence-corrected chi connectivity index (χ4v) is 2.07. The van der Waals surface area contributed by atoms with Crippen LogP contribution < -0.4 is 11.1 Å². The highest BCUT2D eigenvalue weighted by Crippen LogP contribution is 2.13. The molecule has 1 aromatic carbocycles. The van der Waals surface area contributed by atoms with E-state index in [2.05, 4.69) is 10.5 Å². The summed E-state index contributed by atoms with van der Waals surface area (Å²) >= 11 is 0. The molecule has 6 heteroatoms. The number of amidine groups is 1. The smallest absolute Gasteiger partial charge is 0.321 e. The molecule has 0 spiro atoms. The van der Waals surface area contributed by atoms with Gasteiger partial charge >= 0.3 is 6.03 Å². The normalized spacial score (nSPS) is 15.6. The van der Waals surface area contributed by atoms with Gasteiger partial charge in [-0.3, -0.25) is 0 Å². The molecule has 0 bridgehead atoms. The van der Waals surface area contributed by atoms with Gasteiger partial charge in [-0.05, 0) is 30.5 Å². The van der Waals surface area contributed by atoms with Crippen molar-refractivity contribution in [2.45, 2.75) is 19.3 Å². The Morgan fingerprint density at radius 3 is 2.53 bits per heavy atom. The highest BCUT2D eigenvalue weighted by molar-refractivity contribution is 5.89. The summed E-state index contributed by atoms with van der Waals surface area (Å²) in [4.78, 5) is 13.7. The van der Waals surface area contributed by atoms with Crippen LogP contribution in [0.2, 0.25) is 0 Å². The Balaban J connectivity index is 1.92. The van der Waals surface area contributed by atoms with Crippen molar-refractivity contribution in [3.63, 3.8) is 0 Å². The third-order valence-electron chi connectivity index (χ3n) is 3.11. The van der Waals surface area contributed by atoms with Gasteiger partial charge in [-0.15, -0.1) is 0 Å². The minimum Gasteiger partial charge on any atom is -0.409 e. The molecule has 0 aliphatic carbocycles. The largest absolute Gasteiger partial charge is 0.409 e. The van der Waals surface area contributed by atoms with Crippen LogP contribution in [0.3, 0.4) is 0 Å². The molecule has 4 N–H and O–H groups in total. The number of carbonyl (C=O) groups excluding carboxylic acids is 1. The van der Waals surface area contributed by atoms with Gasteiger partial charge in [0.25, 0.3) is 0 Å². The molecule has 19 heavy (non-hydrogen) atoms. The third-order valence-corrected chi connectivity index (χ3v) is 3.11. The number of benzene rings is 1. The molecule has 0 radical (unpaired) electrons. The van der Waals surface area contributed by atoms with Gasteiger partial charge in [-0.25, -0.2) is 4.79 Å². The Kier molecular flexibility index (Phi) is 4.22. The zero-order chi connectivity index (χ0) is 13.7. The predicted octanol–water partition coefficient (Wildman–Crippen LogP) is 1.60. The molecule has 1 heterocycles. The van der Waals surface area contributed by atoms with Gasteiger partial charge in [0.05, 0.1) is 0 Å². The van der Waals surface area contributed by atoms with Crippen LogP contribution in [-0.4, -0.2) is 35.1 Å². The summed E-state index contributed by atoms with van der Waals surface area (Å²) in [5.41, 5.74) is 7.11. The van der Waals surface area contributed by atoms with Gasteiger partial charge < -0.3 is 21.2 Å². The van der Waals surface area contributed by atoms with Crippen molar-refractivity contribution in [1.82, 2.24) is 4.90 Å². The van der Waals surface area contributed by atoms with Gasteiger partial charge in [0.2, 0.25) is 0 Å². The van der Waals surface area contributed by atoms with Crippen molar-refractivity contribution in [3.8, 4) is 0 Å². The summed E-state index contributed by atoms with van der Waals surface area (Å²) in [6, 6.07) is 7.26. The van der Waals surface area contributed by atoms with Crippen LogP contribution in [0.25, 0.3) is 0 Å². The van der Waals surface area contributed by atoms with E-state index in [0.717, 1.165) is 37.2 Å². The van der Waals surface area contributed by atoms with E-state index in [-0.39, 0.29) is 11.9 Å². The van der Waals surface area contributed by atoms with E-state index < -0.39 is 0 Å². The van der Waals surface area contributed by atoms with Crippen molar-refractivity contribution in [2.75, 3.05) is 18.4 Å². The number of likely N-dealkylation sites (tertiary alicyclic amines) is 1. The molecule has 0 atom stereocenters. The number of anilines is 1. The molecule has 0 saturated carbocycles. The summed E-state index contributed by atoms with van der Waals surface area (Å²) in [5, 5.41) is 14.3. The number of carbonyl (C=O) groups is 1. The monoisotopic (exact) mass is 262 g/mol. The fourth-order valence-electron chi connectivity index (χ4n) is 2.07.